The summed E-state index contributed by atoms with van der Waals surface area (Å²) in [5.41, 5.74) is 6.74. The zero-order valence-corrected chi connectivity index (χ0v) is 32.6. The summed E-state index contributed by atoms with van der Waals surface area (Å²) < 4.78 is 16.3. The van der Waals surface area contributed by atoms with Gasteiger partial charge in [-0.3, -0.25) is 4.79 Å². The second kappa shape index (κ2) is 12.4. The van der Waals surface area contributed by atoms with Gasteiger partial charge in [-0.2, -0.15) is 5.10 Å². The van der Waals surface area contributed by atoms with Crippen molar-refractivity contribution < 1.29 is 19.4 Å². The van der Waals surface area contributed by atoms with Crippen molar-refractivity contribution in [3.05, 3.63) is 23.8 Å². The number of carbonyl (C=O) groups is 1. The highest BCUT2D eigenvalue weighted by molar-refractivity contribution is 5.73. The van der Waals surface area contributed by atoms with Crippen LogP contribution in [0.15, 0.2) is 18.0 Å². The Hall–Kier alpha value is -1.77. The van der Waals surface area contributed by atoms with Crippen LogP contribution in [0.4, 0.5) is 0 Å². The number of carboxylic acid groups (broad SMARTS) is 1. The molecule has 0 radical (unpaired) electrons. The van der Waals surface area contributed by atoms with E-state index in [-0.39, 0.29) is 51.1 Å². The minimum absolute atomic E-state index is 0.00577. The topological polar surface area (TPSA) is 112 Å². The lowest BCUT2D eigenvalue weighted by atomic mass is 9.34. The third-order valence-corrected chi connectivity index (χ3v) is 16.3. The molecule has 4 aliphatic carbocycles. The number of aryl methyl sites for hydroxylation is 1. The Bertz CT molecular complexity index is 1440. The predicted molar refractivity (Wildman–Crippen MR) is 194 cm³/mol. The molecule has 3 saturated carbocycles. The molecule has 1 aromatic heterocycles. The molecular weight excluding hydrogens is 612 g/mol. The molecule has 1 saturated heterocycles. The summed E-state index contributed by atoms with van der Waals surface area (Å²) in [6, 6.07) is 0.00577. The van der Waals surface area contributed by atoms with Crippen molar-refractivity contribution in [1.82, 2.24) is 14.8 Å². The van der Waals surface area contributed by atoms with Gasteiger partial charge in [0.25, 0.3) is 0 Å². The van der Waals surface area contributed by atoms with Crippen molar-refractivity contribution in [2.24, 2.45) is 68.3 Å². The number of hydrogen-bond acceptors (Lipinski definition) is 6. The molecule has 12 atom stereocenters. The first kappa shape index (κ1) is 37.0. The number of nitrogens with two attached hydrogens (primary N) is 1. The lowest BCUT2D eigenvalue weighted by molar-refractivity contribution is -0.254. The molecule has 2 heterocycles. The van der Waals surface area contributed by atoms with E-state index in [1.807, 2.05) is 0 Å². The van der Waals surface area contributed by atoms with Gasteiger partial charge in [0.05, 0.1) is 37.9 Å². The molecule has 5 aliphatic rings. The van der Waals surface area contributed by atoms with E-state index in [0.29, 0.717) is 31.0 Å². The molecule has 49 heavy (non-hydrogen) atoms. The van der Waals surface area contributed by atoms with Crippen molar-refractivity contribution in [1.29, 1.82) is 0 Å². The van der Waals surface area contributed by atoms with Crippen LogP contribution < -0.4 is 5.73 Å². The first-order valence-corrected chi connectivity index (χ1v) is 19.6. The monoisotopic (exact) mass is 681 g/mol. The first-order valence-electron chi connectivity index (χ1n) is 19.6. The molecule has 0 unspecified atom stereocenters. The average molecular weight is 681 g/mol. The molecule has 3 N–H and O–H groups in total. The highest BCUT2D eigenvalue weighted by atomic mass is 16.5. The Morgan fingerprint density at radius 3 is 2.47 bits per heavy atom. The molecule has 6 rings (SSSR count). The van der Waals surface area contributed by atoms with E-state index in [4.69, 9.17) is 25.3 Å². The molecular formula is C41H68N4O4. The van der Waals surface area contributed by atoms with Crippen molar-refractivity contribution in [3.8, 4) is 0 Å². The van der Waals surface area contributed by atoms with Gasteiger partial charge < -0.3 is 20.3 Å². The smallest absolute Gasteiger partial charge is 0.307 e. The van der Waals surface area contributed by atoms with Crippen LogP contribution >= 0.6 is 0 Å². The molecule has 276 valence electrons. The van der Waals surface area contributed by atoms with Gasteiger partial charge in [-0.15, -0.1) is 0 Å². The minimum atomic E-state index is -0.620. The highest BCUT2D eigenvalue weighted by Gasteiger charge is 2.72. The number of nitrogens with zero attached hydrogens (tertiary/aromatic N) is 3. The fourth-order valence-corrected chi connectivity index (χ4v) is 12.5. The second-order valence-electron chi connectivity index (χ2n) is 19.4. The lowest BCUT2D eigenvalue weighted by Crippen LogP contribution is -2.70. The number of ether oxygens (including phenoxy) is 2. The largest absolute Gasteiger partial charge is 0.481 e. The van der Waals surface area contributed by atoms with Crippen molar-refractivity contribution in [3.63, 3.8) is 0 Å². The standard InChI is InChI=1S/C41H68N4O4/c1-12-13-32-43-24-44-45(32)30-20-36(7)21-48-23-41(34(30)49-22-40(11,42)26(4)5)29-16-17-39(10)33(35(46)47)37(8,27(6)25(2)3)18-19-38(39,9)28(29)14-15-31(36)41/h16,24-28,30-31,33-34H,12-15,17-23,42H2,1-11H3,(H,46,47)/t27-,28+,30-,31-,33-,34+,36-,37-,38-,39+,40+,41+/m1/s1. The van der Waals surface area contributed by atoms with Crippen LogP contribution in [0.3, 0.4) is 0 Å². The van der Waals surface area contributed by atoms with Gasteiger partial charge in [0.15, 0.2) is 0 Å². The van der Waals surface area contributed by atoms with Gasteiger partial charge in [0.2, 0.25) is 0 Å². The molecule has 1 aromatic rings. The van der Waals surface area contributed by atoms with Gasteiger partial charge in [-0.05, 0) is 103 Å². The van der Waals surface area contributed by atoms with Gasteiger partial charge in [0, 0.05) is 17.4 Å². The lowest BCUT2D eigenvalue weighted by Gasteiger charge is -2.71. The maximum atomic E-state index is 13.6. The average Bonchev–Trinajstić information content (AvgIpc) is 3.48. The Morgan fingerprint density at radius 2 is 1.84 bits per heavy atom. The van der Waals surface area contributed by atoms with Gasteiger partial charge in [-0.1, -0.05) is 80.9 Å². The fraction of sp³-hybridized carbons (Fsp3) is 0.878. The Balaban J connectivity index is 1.52. The van der Waals surface area contributed by atoms with Gasteiger partial charge in [-0.25, -0.2) is 9.67 Å². The summed E-state index contributed by atoms with van der Waals surface area (Å²) in [5.74, 6) is 1.64. The van der Waals surface area contributed by atoms with Crippen LogP contribution in [0.1, 0.15) is 133 Å². The summed E-state index contributed by atoms with van der Waals surface area (Å²) >= 11 is 0. The van der Waals surface area contributed by atoms with Crippen molar-refractivity contribution in [2.75, 3.05) is 19.8 Å². The van der Waals surface area contributed by atoms with E-state index < -0.39 is 17.4 Å². The number of carboxylic acids is 1. The van der Waals surface area contributed by atoms with Crippen LogP contribution in [0.5, 0.6) is 0 Å². The minimum Gasteiger partial charge on any atom is -0.481 e. The number of aliphatic carboxylic acids is 1. The van der Waals surface area contributed by atoms with Gasteiger partial charge in [0.1, 0.15) is 12.2 Å². The summed E-state index contributed by atoms with van der Waals surface area (Å²) in [4.78, 5) is 18.3. The van der Waals surface area contributed by atoms with Crippen molar-refractivity contribution in [2.45, 2.75) is 145 Å². The maximum absolute atomic E-state index is 13.6. The molecule has 8 nitrogen and oxygen atoms in total. The molecule has 8 heteroatoms. The third-order valence-electron chi connectivity index (χ3n) is 16.3. The highest BCUT2D eigenvalue weighted by Crippen LogP contribution is 2.75. The maximum Gasteiger partial charge on any atom is 0.307 e. The summed E-state index contributed by atoms with van der Waals surface area (Å²) in [7, 11) is 0. The number of allylic oxidation sites excluding steroid dienone is 1. The third kappa shape index (κ3) is 5.25. The number of fused-ring (bicyclic) bond motifs is 3. The molecule has 0 spiro atoms. The molecule has 1 aliphatic heterocycles. The van der Waals surface area contributed by atoms with Gasteiger partial charge >= 0.3 is 5.97 Å². The summed E-state index contributed by atoms with van der Waals surface area (Å²) in [6.07, 6.45) is 11.8. The fourth-order valence-electron chi connectivity index (χ4n) is 12.5. The SMILES string of the molecule is CCCc1ncnn1[C@@H]1C[C@]2(C)COC[C@@]3(C4=CC[C@@]5(C)[C@H](C(=O)O)[C@@](C)([C@H](C)C(C)C)CC[C@]5(C)[C@H]4CC[C@H]23)[C@H]1OC[C@](C)(N)C(C)C. The normalized spacial score (nSPS) is 43.6. The Labute approximate surface area is 296 Å². The van der Waals surface area contributed by atoms with E-state index >= 15 is 0 Å². The zero-order chi connectivity index (χ0) is 35.9. The Morgan fingerprint density at radius 1 is 1.12 bits per heavy atom. The number of aromatic nitrogens is 3. The van der Waals surface area contributed by atoms with Crippen LogP contribution in [0, 0.1) is 62.6 Å². The molecule has 0 aromatic carbocycles. The Kier molecular flexibility index (Phi) is 9.39. The van der Waals surface area contributed by atoms with E-state index in [9.17, 15) is 9.90 Å². The molecule has 0 amide bonds. The number of rotatable bonds is 10. The van der Waals surface area contributed by atoms with Crippen LogP contribution in [0.2, 0.25) is 0 Å². The first-order chi connectivity index (χ1) is 22.8. The zero-order valence-electron chi connectivity index (χ0n) is 32.6. The van der Waals surface area contributed by atoms with E-state index in [0.717, 1.165) is 63.8 Å². The van der Waals surface area contributed by atoms with Crippen molar-refractivity contribution >= 4 is 5.97 Å². The quantitative estimate of drug-likeness (QED) is 0.240. The predicted octanol–water partition coefficient (Wildman–Crippen LogP) is 8.12. The van der Waals surface area contributed by atoms with E-state index in [2.05, 4.69) is 86.9 Å². The van der Waals surface area contributed by atoms with E-state index in [1.54, 1.807) is 6.33 Å². The van der Waals surface area contributed by atoms with Crippen LogP contribution in [-0.4, -0.2) is 57.3 Å². The number of hydrogen-bond donors (Lipinski definition) is 2. The molecule has 2 bridgehead atoms. The van der Waals surface area contributed by atoms with Crippen LogP contribution in [0.25, 0.3) is 0 Å². The summed E-state index contributed by atoms with van der Waals surface area (Å²) in [6.45, 7) is 26.8. The molecule has 4 fully saturated rings. The van der Waals surface area contributed by atoms with Crippen LogP contribution in [-0.2, 0) is 20.7 Å². The summed E-state index contributed by atoms with van der Waals surface area (Å²) in [5, 5.41) is 16.1. The second-order valence-corrected chi connectivity index (χ2v) is 19.4. The van der Waals surface area contributed by atoms with E-state index in [1.165, 1.54) is 5.57 Å².